The number of aryl methyl sites for hydroxylation is 2. The van der Waals surface area contributed by atoms with Crippen molar-refractivity contribution in [1.82, 2.24) is 9.55 Å². The first-order chi connectivity index (χ1) is 6.93. The smallest absolute Gasteiger partial charge is 0.109 e. The molecule has 0 aliphatic carbocycles. The van der Waals surface area contributed by atoms with Gasteiger partial charge in [-0.2, -0.15) is 11.3 Å². The summed E-state index contributed by atoms with van der Waals surface area (Å²) >= 11 is 1.73. The lowest BCUT2D eigenvalue weighted by Gasteiger charge is -2.11. The molecule has 0 amide bonds. The van der Waals surface area contributed by atoms with Crippen LogP contribution >= 0.6 is 11.3 Å². The number of hydrogen-bond acceptors (Lipinski definition) is 2. The summed E-state index contributed by atoms with van der Waals surface area (Å²) in [6.45, 7) is 1.15. The monoisotopic (exact) mass is 204 g/mol. The SMILES string of the molecule is c1cc(-c2cn3c(n2)CCCC3)cs1. The minimum Gasteiger partial charge on any atom is -0.334 e. The highest BCUT2D eigenvalue weighted by molar-refractivity contribution is 7.08. The molecule has 3 heterocycles. The summed E-state index contributed by atoms with van der Waals surface area (Å²) in [5.41, 5.74) is 2.40. The topological polar surface area (TPSA) is 17.8 Å². The number of imidazole rings is 1. The van der Waals surface area contributed by atoms with Gasteiger partial charge in [-0.05, 0) is 24.3 Å². The highest BCUT2D eigenvalue weighted by Gasteiger charge is 2.12. The summed E-state index contributed by atoms with van der Waals surface area (Å²) in [5.74, 6) is 1.26. The second-order valence-electron chi connectivity index (χ2n) is 3.70. The lowest BCUT2D eigenvalue weighted by molar-refractivity contribution is 0.522. The number of thiophene rings is 1. The molecule has 0 radical (unpaired) electrons. The maximum atomic E-state index is 4.66. The number of rotatable bonds is 1. The van der Waals surface area contributed by atoms with Gasteiger partial charge in [-0.25, -0.2) is 4.98 Å². The molecule has 0 saturated heterocycles. The molecule has 2 aromatic rings. The fourth-order valence-electron chi connectivity index (χ4n) is 1.96. The standard InChI is InChI=1S/C11H12N2S/c1-2-5-13-7-10(12-11(13)3-1)9-4-6-14-8-9/h4,6-8H,1-3,5H2. The van der Waals surface area contributed by atoms with E-state index < -0.39 is 0 Å². The van der Waals surface area contributed by atoms with Gasteiger partial charge in [-0.1, -0.05) is 0 Å². The summed E-state index contributed by atoms with van der Waals surface area (Å²) in [4.78, 5) is 4.66. The molecule has 72 valence electrons. The zero-order chi connectivity index (χ0) is 9.38. The molecule has 3 heteroatoms. The van der Waals surface area contributed by atoms with Crippen molar-refractivity contribution in [1.29, 1.82) is 0 Å². The summed E-state index contributed by atoms with van der Waals surface area (Å²) in [5, 5.41) is 4.27. The molecule has 1 aliphatic rings. The average Bonchev–Trinajstić information content (AvgIpc) is 2.86. The predicted octanol–water partition coefficient (Wildman–Crippen LogP) is 2.95. The van der Waals surface area contributed by atoms with Crippen LogP contribution < -0.4 is 0 Å². The van der Waals surface area contributed by atoms with E-state index in [0.29, 0.717) is 0 Å². The zero-order valence-electron chi connectivity index (χ0n) is 7.94. The summed E-state index contributed by atoms with van der Waals surface area (Å²) in [6, 6.07) is 2.14. The largest absolute Gasteiger partial charge is 0.334 e. The molecule has 0 atom stereocenters. The Morgan fingerprint density at radius 3 is 3.14 bits per heavy atom. The highest BCUT2D eigenvalue weighted by Crippen LogP contribution is 2.23. The van der Waals surface area contributed by atoms with Crippen LogP contribution in [-0.4, -0.2) is 9.55 Å². The number of fused-ring (bicyclic) bond motifs is 1. The van der Waals surface area contributed by atoms with E-state index in [4.69, 9.17) is 0 Å². The Morgan fingerprint density at radius 1 is 1.36 bits per heavy atom. The van der Waals surface area contributed by atoms with Crippen molar-refractivity contribution >= 4 is 11.3 Å². The second-order valence-corrected chi connectivity index (χ2v) is 4.48. The molecule has 0 saturated carbocycles. The van der Waals surface area contributed by atoms with E-state index >= 15 is 0 Å². The van der Waals surface area contributed by atoms with Crippen molar-refractivity contribution in [3.8, 4) is 11.3 Å². The van der Waals surface area contributed by atoms with E-state index in [9.17, 15) is 0 Å². The Hall–Kier alpha value is -1.09. The van der Waals surface area contributed by atoms with Gasteiger partial charge in [0.1, 0.15) is 5.82 Å². The van der Waals surface area contributed by atoms with Crippen molar-refractivity contribution < 1.29 is 0 Å². The Labute approximate surface area is 87.2 Å². The van der Waals surface area contributed by atoms with Crippen LogP contribution in [0.2, 0.25) is 0 Å². The number of hydrogen-bond donors (Lipinski definition) is 0. The third-order valence-corrected chi connectivity index (χ3v) is 3.41. The molecule has 0 fully saturated rings. The van der Waals surface area contributed by atoms with Crippen molar-refractivity contribution in [3.63, 3.8) is 0 Å². The van der Waals surface area contributed by atoms with Crippen LogP contribution in [0.3, 0.4) is 0 Å². The zero-order valence-corrected chi connectivity index (χ0v) is 8.76. The van der Waals surface area contributed by atoms with E-state index in [1.165, 1.54) is 24.2 Å². The molecule has 0 N–H and O–H groups in total. The molecule has 1 aliphatic heterocycles. The van der Waals surface area contributed by atoms with Crippen LogP contribution in [0.1, 0.15) is 18.7 Å². The van der Waals surface area contributed by atoms with E-state index in [0.717, 1.165) is 18.7 Å². The second kappa shape index (κ2) is 3.24. The first-order valence-electron chi connectivity index (χ1n) is 5.02. The fraction of sp³-hybridized carbons (Fsp3) is 0.364. The minimum atomic E-state index is 1.14. The Bertz CT molecular complexity index is 405. The third kappa shape index (κ3) is 1.28. The summed E-state index contributed by atoms with van der Waals surface area (Å²) in [6.07, 6.45) is 5.92. The molecule has 0 bridgehead atoms. The van der Waals surface area contributed by atoms with Gasteiger partial charge in [-0.15, -0.1) is 0 Å². The Kier molecular flexibility index (Phi) is 1.91. The molecule has 3 rings (SSSR count). The lowest BCUT2D eigenvalue weighted by atomic mass is 10.2. The van der Waals surface area contributed by atoms with E-state index in [1.54, 1.807) is 11.3 Å². The van der Waals surface area contributed by atoms with Crippen LogP contribution in [0, 0.1) is 0 Å². The van der Waals surface area contributed by atoms with Gasteiger partial charge >= 0.3 is 0 Å². The maximum absolute atomic E-state index is 4.66. The Balaban J connectivity index is 2.04. The van der Waals surface area contributed by atoms with Crippen molar-refractivity contribution in [2.75, 3.05) is 0 Å². The third-order valence-electron chi connectivity index (χ3n) is 2.73. The molecular formula is C11H12N2S. The highest BCUT2D eigenvalue weighted by atomic mass is 32.1. The van der Waals surface area contributed by atoms with Crippen molar-refractivity contribution in [2.24, 2.45) is 0 Å². The summed E-state index contributed by atoms with van der Waals surface area (Å²) < 4.78 is 2.30. The molecule has 14 heavy (non-hydrogen) atoms. The van der Waals surface area contributed by atoms with E-state index in [1.807, 2.05) is 0 Å². The normalized spacial score (nSPS) is 15.4. The van der Waals surface area contributed by atoms with E-state index in [-0.39, 0.29) is 0 Å². The summed E-state index contributed by atoms with van der Waals surface area (Å²) in [7, 11) is 0. The molecule has 0 spiro atoms. The van der Waals surface area contributed by atoms with E-state index in [2.05, 4.69) is 32.6 Å². The van der Waals surface area contributed by atoms with Gasteiger partial charge in [0.15, 0.2) is 0 Å². The molecule has 0 unspecified atom stereocenters. The lowest BCUT2D eigenvalue weighted by Crippen LogP contribution is -2.08. The molecule has 2 aromatic heterocycles. The van der Waals surface area contributed by atoms with Crippen LogP contribution in [0.4, 0.5) is 0 Å². The fourth-order valence-corrected chi connectivity index (χ4v) is 2.61. The van der Waals surface area contributed by atoms with Crippen molar-refractivity contribution in [2.45, 2.75) is 25.8 Å². The van der Waals surface area contributed by atoms with Crippen LogP contribution in [-0.2, 0) is 13.0 Å². The number of aromatic nitrogens is 2. The van der Waals surface area contributed by atoms with Gasteiger partial charge in [0.05, 0.1) is 5.69 Å². The first kappa shape index (κ1) is 8.24. The molecular weight excluding hydrogens is 192 g/mol. The minimum absolute atomic E-state index is 1.14. The van der Waals surface area contributed by atoms with Crippen LogP contribution in [0.15, 0.2) is 23.0 Å². The Morgan fingerprint density at radius 2 is 2.36 bits per heavy atom. The van der Waals surface area contributed by atoms with Gasteiger partial charge in [0.25, 0.3) is 0 Å². The maximum Gasteiger partial charge on any atom is 0.109 e. The first-order valence-corrected chi connectivity index (χ1v) is 5.96. The van der Waals surface area contributed by atoms with Gasteiger partial charge < -0.3 is 4.57 Å². The van der Waals surface area contributed by atoms with Gasteiger partial charge in [0.2, 0.25) is 0 Å². The van der Waals surface area contributed by atoms with Crippen molar-refractivity contribution in [3.05, 3.63) is 28.8 Å². The molecule has 2 nitrogen and oxygen atoms in total. The predicted molar refractivity (Wildman–Crippen MR) is 58.5 cm³/mol. The van der Waals surface area contributed by atoms with Gasteiger partial charge in [-0.3, -0.25) is 0 Å². The average molecular weight is 204 g/mol. The molecule has 0 aromatic carbocycles. The van der Waals surface area contributed by atoms with Crippen LogP contribution in [0.25, 0.3) is 11.3 Å². The van der Waals surface area contributed by atoms with Crippen LogP contribution in [0.5, 0.6) is 0 Å². The van der Waals surface area contributed by atoms with Gasteiger partial charge in [0, 0.05) is 30.1 Å². The quantitative estimate of drug-likeness (QED) is 0.698. The number of nitrogens with zero attached hydrogens (tertiary/aromatic N) is 2.